The summed E-state index contributed by atoms with van der Waals surface area (Å²) in [5.74, 6) is -2.55. The van der Waals surface area contributed by atoms with Crippen LogP contribution in [0.4, 0.5) is 52.7 Å². The second-order valence-electron chi connectivity index (χ2n) is 9.90. The van der Waals surface area contributed by atoms with Crippen molar-refractivity contribution >= 4 is 13.4 Å². The molecule has 0 amide bonds. The van der Waals surface area contributed by atoms with Gasteiger partial charge in [0.25, 0.3) is 0 Å². The van der Waals surface area contributed by atoms with E-state index in [1.807, 2.05) is 18.2 Å². The van der Waals surface area contributed by atoms with Gasteiger partial charge in [0.15, 0.2) is 0 Å². The van der Waals surface area contributed by atoms with Gasteiger partial charge in [-0.2, -0.15) is 52.7 Å². The third kappa shape index (κ3) is 9.62. The molecule has 4 aromatic carbocycles. The van der Waals surface area contributed by atoms with Gasteiger partial charge in [0.2, 0.25) is 0 Å². The molecule has 16 heteroatoms. The molecule has 0 aliphatic carbocycles. The Labute approximate surface area is 259 Å². The summed E-state index contributed by atoms with van der Waals surface area (Å²) in [4.78, 5) is 0. The molecule has 3 nitrogen and oxygen atoms in total. The minimum atomic E-state index is -5.31. The molecule has 0 saturated carbocycles. The summed E-state index contributed by atoms with van der Waals surface area (Å²) < 4.78 is 176. The van der Waals surface area contributed by atoms with E-state index in [9.17, 15) is 52.7 Å². The molecule has 0 aliphatic heterocycles. The zero-order valence-corrected chi connectivity index (χ0v) is 23.4. The Morgan fingerprint density at radius 3 is 1.28 bits per heavy atom. The molecule has 0 unspecified atom stereocenters. The Bertz CT molecular complexity index is 1570. The third-order valence-electron chi connectivity index (χ3n) is 6.34. The maximum absolute atomic E-state index is 13.4. The SMILES string of the molecule is C=Cc1cccc(Cc2ccc(OB(Oc3cc(C(F)(F)F)cc(C(F)(F)F)c3)Oc3cc(C(F)(F)F)cc(C(F)(F)F)c3)cc2)c1. The molecule has 0 atom stereocenters. The predicted molar refractivity (Wildman–Crippen MR) is 146 cm³/mol. The van der Waals surface area contributed by atoms with Gasteiger partial charge in [-0.05, 0) is 71.6 Å². The van der Waals surface area contributed by atoms with Gasteiger partial charge >= 0.3 is 32.0 Å². The lowest BCUT2D eigenvalue weighted by atomic mass is 10.0. The van der Waals surface area contributed by atoms with E-state index >= 15 is 0 Å². The van der Waals surface area contributed by atoms with Crippen LogP contribution in [0, 0.1) is 0 Å². The summed E-state index contributed by atoms with van der Waals surface area (Å²) >= 11 is 0. The molecule has 0 saturated heterocycles. The normalized spacial score (nSPS) is 12.4. The van der Waals surface area contributed by atoms with Crippen LogP contribution in [0.2, 0.25) is 0 Å². The van der Waals surface area contributed by atoms with E-state index in [4.69, 9.17) is 14.0 Å². The van der Waals surface area contributed by atoms with Crippen LogP contribution in [0.5, 0.6) is 17.2 Å². The zero-order chi connectivity index (χ0) is 34.8. The largest absolute Gasteiger partial charge is 0.864 e. The van der Waals surface area contributed by atoms with Crippen molar-refractivity contribution in [1.82, 2.24) is 0 Å². The van der Waals surface area contributed by atoms with Crippen molar-refractivity contribution in [3.05, 3.63) is 130 Å². The molecule has 47 heavy (non-hydrogen) atoms. The highest BCUT2D eigenvalue weighted by molar-refractivity contribution is 6.39. The first kappa shape index (κ1) is 35.1. The van der Waals surface area contributed by atoms with Crippen LogP contribution in [0.3, 0.4) is 0 Å². The van der Waals surface area contributed by atoms with E-state index in [2.05, 4.69) is 6.58 Å². The van der Waals surface area contributed by atoms with Crippen molar-refractivity contribution in [1.29, 1.82) is 0 Å². The number of hydrogen-bond donors (Lipinski definition) is 0. The number of alkyl halides is 12. The van der Waals surface area contributed by atoms with Crippen LogP contribution in [0.15, 0.2) is 91.5 Å². The lowest BCUT2D eigenvalue weighted by Gasteiger charge is -2.20. The fraction of sp³-hybridized carbons (Fsp3) is 0.161. The highest BCUT2D eigenvalue weighted by Crippen LogP contribution is 2.40. The van der Waals surface area contributed by atoms with Crippen LogP contribution in [-0.4, -0.2) is 7.32 Å². The quantitative estimate of drug-likeness (QED) is 0.130. The summed E-state index contributed by atoms with van der Waals surface area (Å²) in [6.07, 6.45) is -19.2. The molecule has 248 valence electrons. The second kappa shape index (κ2) is 13.2. The summed E-state index contributed by atoms with van der Waals surface area (Å²) in [5.41, 5.74) is -4.86. The van der Waals surface area contributed by atoms with E-state index in [0.29, 0.717) is 12.0 Å². The summed E-state index contributed by atoms with van der Waals surface area (Å²) in [6.45, 7) is 3.68. The Hall–Kier alpha value is -4.76. The summed E-state index contributed by atoms with van der Waals surface area (Å²) in [7, 11) is -2.49. The molecule has 0 heterocycles. The van der Waals surface area contributed by atoms with E-state index in [0.717, 1.165) is 11.1 Å². The van der Waals surface area contributed by atoms with Crippen molar-refractivity contribution in [3.8, 4) is 17.2 Å². The molecule has 0 spiro atoms. The fourth-order valence-electron chi connectivity index (χ4n) is 4.15. The first-order chi connectivity index (χ1) is 21.7. The van der Waals surface area contributed by atoms with Gasteiger partial charge in [0, 0.05) is 0 Å². The first-order valence-corrected chi connectivity index (χ1v) is 13.1. The average Bonchev–Trinajstić information content (AvgIpc) is 2.96. The fourth-order valence-corrected chi connectivity index (χ4v) is 4.15. The van der Waals surface area contributed by atoms with Gasteiger partial charge in [0.1, 0.15) is 17.2 Å². The Morgan fingerprint density at radius 1 is 0.489 bits per heavy atom. The summed E-state index contributed by atoms with van der Waals surface area (Å²) in [6, 6.07) is 12.9. The first-order valence-electron chi connectivity index (χ1n) is 13.1. The Morgan fingerprint density at radius 2 is 0.894 bits per heavy atom. The average molecular weight is 678 g/mol. The third-order valence-corrected chi connectivity index (χ3v) is 6.34. The van der Waals surface area contributed by atoms with Crippen LogP contribution in [0.25, 0.3) is 6.08 Å². The topological polar surface area (TPSA) is 27.7 Å². The molecular formula is C31H19BF12O3. The van der Waals surface area contributed by atoms with E-state index in [1.54, 1.807) is 12.1 Å². The minimum Gasteiger partial charge on any atom is -0.490 e. The van der Waals surface area contributed by atoms with Crippen molar-refractivity contribution in [2.24, 2.45) is 0 Å². The molecule has 0 fully saturated rings. The molecule has 0 aliphatic rings. The molecule has 0 radical (unpaired) electrons. The Balaban J connectivity index is 1.72. The minimum absolute atomic E-state index is 0.128. The monoisotopic (exact) mass is 678 g/mol. The Kier molecular flexibility index (Phi) is 9.83. The highest BCUT2D eigenvalue weighted by atomic mass is 19.4. The summed E-state index contributed by atoms with van der Waals surface area (Å²) in [5, 5.41) is 0. The standard InChI is InChI=1S/C31H19BF12O3/c1-2-18-4-3-5-20(10-18)11-19-6-8-25(9-7-19)45-32(46-26-14-21(28(33,34)35)12-22(15-26)29(36,37)38)47-27-16-23(30(39,40)41)13-24(17-27)31(42,43)44/h2-10,12-17H,1,11H2. The smallest absolute Gasteiger partial charge is 0.490 e. The number of halogens is 12. The van der Waals surface area contributed by atoms with Gasteiger partial charge in [-0.15, -0.1) is 0 Å². The molecule has 4 rings (SSSR count). The number of rotatable bonds is 9. The van der Waals surface area contributed by atoms with Gasteiger partial charge in [0.05, 0.1) is 22.3 Å². The number of hydrogen-bond acceptors (Lipinski definition) is 3. The van der Waals surface area contributed by atoms with Gasteiger partial charge < -0.3 is 14.0 Å². The van der Waals surface area contributed by atoms with Crippen LogP contribution in [0.1, 0.15) is 38.9 Å². The van der Waals surface area contributed by atoms with Crippen LogP contribution < -0.4 is 14.0 Å². The second-order valence-corrected chi connectivity index (χ2v) is 9.90. The molecule has 0 aromatic heterocycles. The maximum Gasteiger partial charge on any atom is 0.864 e. The lowest BCUT2D eigenvalue weighted by molar-refractivity contribution is -0.144. The maximum atomic E-state index is 13.4. The van der Waals surface area contributed by atoms with Gasteiger partial charge in [-0.1, -0.05) is 49.1 Å². The predicted octanol–water partition coefficient (Wildman–Crippen LogP) is 10.5. The van der Waals surface area contributed by atoms with E-state index in [-0.39, 0.29) is 42.1 Å². The van der Waals surface area contributed by atoms with Gasteiger partial charge in [-0.3, -0.25) is 0 Å². The van der Waals surface area contributed by atoms with Crippen LogP contribution >= 0.6 is 0 Å². The van der Waals surface area contributed by atoms with Crippen molar-refractivity contribution in [3.63, 3.8) is 0 Å². The lowest BCUT2D eigenvalue weighted by Crippen LogP contribution is -2.37. The van der Waals surface area contributed by atoms with Crippen molar-refractivity contribution in [2.45, 2.75) is 31.1 Å². The molecule has 0 N–H and O–H groups in total. The van der Waals surface area contributed by atoms with E-state index < -0.39 is 65.8 Å². The van der Waals surface area contributed by atoms with Crippen LogP contribution in [-0.2, 0) is 31.1 Å². The van der Waals surface area contributed by atoms with Crippen molar-refractivity contribution in [2.75, 3.05) is 0 Å². The molecule has 4 aromatic rings. The zero-order valence-electron chi connectivity index (χ0n) is 23.4. The molecule has 0 bridgehead atoms. The molecular weight excluding hydrogens is 659 g/mol. The van der Waals surface area contributed by atoms with E-state index in [1.165, 1.54) is 24.3 Å². The highest BCUT2D eigenvalue weighted by Gasteiger charge is 2.41. The number of benzene rings is 4. The van der Waals surface area contributed by atoms with Crippen molar-refractivity contribution < 1.29 is 66.6 Å². The van der Waals surface area contributed by atoms with Gasteiger partial charge in [-0.25, -0.2) is 0 Å².